The minimum Gasteiger partial charge on any atom is -0.465 e. The minimum atomic E-state index is -3.96. The smallest absolute Gasteiger partial charge is 0.340 e. The van der Waals surface area contributed by atoms with Crippen molar-refractivity contribution in [2.24, 2.45) is 0 Å². The zero-order valence-electron chi connectivity index (χ0n) is 14.1. The number of nitrogens with one attached hydrogen (secondary N) is 1. The Morgan fingerprint density at radius 1 is 1.38 bits per heavy atom. The minimum absolute atomic E-state index is 0.210. The van der Waals surface area contributed by atoms with Crippen LogP contribution in [0.4, 0.5) is 4.39 Å². The van der Waals surface area contributed by atoms with Crippen LogP contribution in [0.3, 0.4) is 0 Å². The van der Waals surface area contributed by atoms with Gasteiger partial charge in [0.15, 0.2) is 0 Å². The molecule has 7 nitrogen and oxygen atoms in total. The van der Waals surface area contributed by atoms with Crippen LogP contribution in [-0.4, -0.2) is 50.4 Å². The Labute approximate surface area is 150 Å². The molecular formula is C17H18FN3O4S. The summed E-state index contributed by atoms with van der Waals surface area (Å²) >= 11 is 0. The molecule has 1 saturated heterocycles. The van der Waals surface area contributed by atoms with E-state index in [0.717, 1.165) is 24.8 Å². The Morgan fingerprint density at radius 3 is 2.85 bits per heavy atom. The molecule has 138 valence electrons. The van der Waals surface area contributed by atoms with Gasteiger partial charge in [-0.2, -0.15) is 4.31 Å². The summed E-state index contributed by atoms with van der Waals surface area (Å²) in [5.41, 5.74) is 0.436. The van der Waals surface area contributed by atoms with Gasteiger partial charge in [-0.3, -0.25) is 4.98 Å². The molecule has 0 saturated carbocycles. The number of hydrogen-bond acceptors (Lipinski definition) is 6. The van der Waals surface area contributed by atoms with Crippen LogP contribution in [0.25, 0.3) is 0 Å². The van der Waals surface area contributed by atoms with Crippen molar-refractivity contribution in [1.82, 2.24) is 14.6 Å². The molecule has 0 radical (unpaired) electrons. The van der Waals surface area contributed by atoms with Gasteiger partial charge in [0.25, 0.3) is 0 Å². The lowest BCUT2D eigenvalue weighted by Crippen LogP contribution is -2.48. The predicted octanol–water partition coefficient (Wildman–Crippen LogP) is 1.34. The lowest BCUT2D eigenvalue weighted by molar-refractivity contribution is 0.0595. The number of carbonyl (C=O) groups excluding carboxylic acids is 1. The van der Waals surface area contributed by atoms with Crippen LogP contribution in [0.15, 0.2) is 47.6 Å². The Kier molecular flexibility index (Phi) is 5.30. The summed E-state index contributed by atoms with van der Waals surface area (Å²) in [6.07, 6.45) is 3.22. The normalized spacial score (nSPS) is 18.5. The molecule has 0 spiro atoms. The van der Waals surface area contributed by atoms with Gasteiger partial charge in [0.05, 0.1) is 23.6 Å². The summed E-state index contributed by atoms with van der Waals surface area (Å²) in [5.74, 6) is -1.80. The SMILES string of the molecule is COC(=O)c1ccc(S(=O)(=O)N2CCNCC2c2cccnc2)cc1F. The van der Waals surface area contributed by atoms with Crippen molar-refractivity contribution in [3.63, 3.8) is 0 Å². The van der Waals surface area contributed by atoms with Gasteiger partial charge >= 0.3 is 5.97 Å². The van der Waals surface area contributed by atoms with Crippen molar-refractivity contribution in [3.05, 3.63) is 59.7 Å². The molecule has 0 amide bonds. The largest absolute Gasteiger partial charge is 0.465 e. The first-order valence-corrected chi connectivity index (χ1v) is 9.39. The number of halogens is 1. The van der Waals surface area contributed by atoms with Crippen molar-refractivity contribution in [1.29, 1.82) is 0 Å². The molecule has 1 N–H and O–H groups in total. The molecule has 1 aromatic carbocycles. The number of pyridine rings is 1. The van der Waals surface area contributed by atoms with Gasteiger partial charge < -0.3 is 10.1 Å². The zero-order chi connectivity index (χ0) is 18.7. The van der Waals surface area contributed by atoms with Gasteiger partial charge in [-0.1, -0.05) is 6.07 Å². The molecule has 0 aliphatic carbocycles. The van der Waals surface area contributed by atoms with Crippen molar-refractivity contribution < 1.29 is 22.3 Å². The van der Waals surface area contributed by atoms with Gasteiger partial charge in [0.1, 0.15) is 5.82 Å². The number of sulfonamides is 1. The number of esters is 1. The third kappa shape index (κ3) is 3.46. The standard InChI is InChI=1S/C17H18FN3O4S/c1-25-17(22)14-5-4-13(9-15(14)18)26(23,24)21-8-7-20-11-16(21)12-3-2-6-19-10-12/h2-6,9-10,16,20H,7-8,11H2,1H3. The molecule has 2 aromatic rings. The molecule has 1 fully saturated rings. The number of carbonyl (C=O) groups is 1. The number of methoxy groups -OCH3 is 1. The average molecular weight is 379 g/mol. The average Bonchev–Trinajstić information content (AvgIpc) is 2.68. The van der Waals surface area contributed by atoms with E-state index in [4.69, 9.17) is 0 Å². The van der Waals surface area contributed by atoms with Gasteiger partial charge in [-0.05, 0) is 29.8 Å². The molecule has 3 rings (SSSR count). The summed E-state index contributed by atoms with van der Waals surface area (Å²) in [6, 6.07) is 6.27. The van der Waals surface area contributed by atoms with E-state index in [1.165, 1.54) is 10.4 Å². The van der Waals surface area contributed by atoms with Crippen molar-refractivity contribution >= 4 is 16.0 Å². The Hall–Kier alpha value is -2.36. The van der Waals surface area contributed by atoms with Gasteiger partial charge in [0.2, 0.25) is 10.0 Å². The lowest BCUT2D eigenvalue weighted by atomic mass is 10.1. The van der Waals surface area contributed by atoms with Crippen molar-refractivity contribution in [2.45, 2.75) is 10.9 Å². The van der Waals surface area contributed by atoms with Crippen molar-refractivity contribution in [2.75, 3.05) is 26.7 Å². The topological polar surface area (TPSA) is 88.6 Å². The van der Waals surface area contributed by atoms with Crippen LogP contribution in [0.5, 0.6) is 0 Å². The third-order valence-corrected chi connectivity index (χ3v) is 6.12. The molecule has 1 atom stereocenters. The number of ether oxygens (including phenoxy) is 1. The molecule has 9 heteroatoms. The van der Waals surface area contributed by atoms with E-state index in [1.807, 2.05) is 0 Å². The summed E-state index contributed by atoms with van der Waals surface area (Å²) < 4.78 is 46.1. The van der Waals surface area contributed by atoms with Crippen LogP contribution in [0, 0.1) is 5.82 Å². The van der Waals surface area contributed by atoms with E-state index in [0.29, 0.717) is 13.1 Å². The van der Waals surface area contributed by atoms with Gasteiger partial charge in [-0.15, -0.1) is 0 Å². The number of rotatable bonds is 4. The number of benzene rings is 1. The number of hydrogen-bond donors (Lipinski definition) is 1. The molecule has 1 unspecified atom stereocenters. The van der Waals surface area contributed by atoms with E-state index in [2.05, 4.69) is 15.0 Å². The van der Waals surface area contributed by atoms with E-state index in [1.54, 1.807) is 24.5 Å². The fraction of sp³-hybridized carbons (Fsp3) is 0.294. The quantitative estimate of drug-likeness (QED) is 0.807. The Bertz CT molecular complexity index is 905. The van der Waals surface area contributed by atoms with Crippen LogP contribution in [0.2, 0.25) is 0 Å². The second kappa shape index (κ2) is 7.48. The van der Waals surface area contributed by atoms with E-state index in [9.17, 15) is 17.6 Å². The second-order valence-electron chi connectivity index (χ2n) is 5.76. The molecule has 26 heavy (non-hydrogen) atoms. The van der Waals surface area contributed by atoms with Gasteiger partial charge in [-0.25, -0.2) is 17.6 Å². The fourth-order valence-corrected chi connectivity index (χ4v) is 4.52. The maximum atomic E-state index is 14.2. The first kappa shape index (κ1) is 18.4. The van der Waals surface area contributed by atoms with E-state index >= 15 is 0 Å². The van der Waals surface area contributed by atoms with E-state index < -0.39 is 27.9 Å². The number of piperazine rings is 1. The van der Waals surface area contributed by atoms with Crippen LogP contribution >= 0.6 is 0 Å². The zero-order valence-corrected chi connectivity index (χ0v) is 14.9. The molecule has 1 aliphatic rings. The summed E-state index contributed by atoms with van der Waals surface area (Å²) in [5, 5.41) is 3.16. The van der Waals surface area contributed by atoms with E-state index in [-0.39, 0.29) is 17.0 Å². The summed E-state index contributed by atoms with van der Waals surface area (Å²) in [6.45, 7) is 1.15. The maximum absolute atomic E-state index is 14.2. The lowest BCUT2D eigenvalue weighted by Gasteiger charge is -2.35. The van der Waals surface area contributed by atoms with Crippen LogP contribution < -0.4 is 5.32 Å². The third-order valence-electron chi connectivity index (χ3n) is 4.22. The molecule has 1 aromatic heterocycles. The maximum Gasteiger partial charge on any atom is 0.340 e. The van der Waals surface area contributed by atoms with Crippen LogP contribution in [0.1, 0.15) is 22.0 Å². The molecule has 1 aliphatic heterocycles. The first-order valence-electron chi connectivity index (χ1n) is 7.95. The molecule has 0 bridgehead atoms. The summed E-state index contributed by atoms with van der Waals surface area (Å²) in [4.78, 5) is 15.3. The number of nitrogens with zero attached hydrogens (tertiary/aromatic N) is 2. The monoisotopic (exact) mass is 379 g/mol. The fourth-order valence-electron chi connectivity index (χ4n) is 2.90. The highest BCUT2D eigenvalue weighted by Crippen LogP contribution is 2.29. The highest BCUT2D eigenvalue weighted by atomic mass is 32.2. The highest BCUT2D eigenvalue weighted by Gasteiger charge is 2.35. The second-order valence-corrected chi connectivity index (χ2v) is 7.65. The summed E-state index contributed by atoms with van der Waals surface area (Å²) in [7, 11) is -2.83. The predicted molar refractivity (Wildman–Crippen MR) is 91.5 cm³/mol. The molecular weight excluding hydrogens is 361 g/mol. The van der Waals surface area contributed by atoms with Gasteiger partial charge in [0, 0.05) is 32.0 Å². The number of aromatic nitrogens is 1. The molecule has 2 heterocycles. The Morgan fingerprint density at radius 2 is 2.19 bits per heavy atom. The van der Waals surface area contributed by atoms with Crippen LogP contribution in [-0.2, 0) is 14.8 Å². The Balaban J connectivity index is 1.98. The van der Waals surface area contributed by atoms with Crippen molar-refractivity contribution in [3.8, 4) is 0 Å². The highest BCUT2D eigenvalue weighted by molar-refractivity contribution is 7.89. The first-order chi connectivity index (χ1) is 12.4.